The maximum atomic E-state index is 14.7. The zero-order valence-electron chi connectivity index (χ0n) is 22.5. The molecular weight excluding hydrogens is 494 g/mol. The van der Waals surface area contributed by atoms with Crippen molar-refractivity contribution in [1.82, 2.24) is 10.2 Å². The third-order valence-corrected chi connectivity index (χ3v) is 10.5. The van der Waals surface area contributed by atoms with E-state index in [2.05, 4.69) is 46.6 Å². The molecule has 0 radical (unpaired) electrons. The summed E-state index contributed by atoms with van der Waals surface area (Å²) in [6.45, 7) is 2.05. The van der Waals surface area contributed by atoms with Crippen molar-refractivity contribution in [2.45, 2.75) is 81.1 Å². The Labute approximate surface area is 229 Å². The lowest BCUT2D eigenvalue weighted by atomic mass is 9.63. The summed E-state index contributed by atoms with van der Waals surface area (Å²) in [5.74, 6) is -2.52. The average molecular weight is 533 g/mol. The number of halogens is 2. The number of piperidine rings is 1. The fourth-order valence-corrected chi connectivity index (χ4v) is 8.63. The molecule has 3 fully saturated rings. The number of rotatable bonds is 3. The van der Waals surface area contributed by atoms with E-state index in [0.29, 0.717) is 25.4 Å². The van der Waals surface area contributed by atoms with Gasteiger partial charge in [-0.3, -0.25) is 4.79 Å². The van der Waals surface area contributed by atoms with Crippen LogP contribution in [-0.2, 0) is 16.6 Å². The fraction of sp³-hybridized carbons (Fsp3) is 0.545. The first-order valence-electron chi connectivity index (χ1n) is 14.9. The number of amides is 1. The number of benzene rings is 2. The van der Waals surface area contributed by atoms with Crippen molar-refractivity contribution in [3.63, 3.8) is 0 Å². The molecule has 206 valence electrons. The van der Waals surface area contributed by atoms with E-state index in [9.17, 15) is 13.6 Å². The summed E-state index contributed by atoms with van der Waals surface area (Å²) in [4.78, 5) is 16.7. The Hall–Kier alpha value is -2.73. The third-order valence-electron chi connectivity index (χ3n) is 10.5. The lowest BCUT2D eigenvalue weighted by molar-refractivity contribution is -0.145. The van der Waals surface area contributed by atoms with E-state index in [1.54, 1.807) is 6.26 Å². The molecule has 1 aromatic heterocycles. The second-order valence-electron chi connectivity index (χ2n) is 12.6. The Morgan fingerprint density at radius 1 is 1.03 bits per heavy atom. The Morgan fingerprint density at radius 3 is 2.74 bits per heavy atom. The van der Waals surface area contributed by atoms with E-state index in [1.807, 2.05) is 12.1 Å². The van der Waals surface area contributed by atoms with Crippen LogP contribution in [0, 0.1) is 11.8 Å². The molecule has 1 spiro atoms. The van der Waals surface area contributed by atoms with Crippen LogP contribution < -0.4 is 5.32 Å². The number of alkyl halides is 2. The molecule has 5 unspecified atom stereocenters. The summed E-state index contributed by atoms with van der Waals surface area (Å²) in [6, 6.07) is 16.7. The van der Waals surface area contributed by atoms with Gasteiger partial charge in [-0.15, -0.1) is 0 Å². The van der Waals surface area contributed by atoms with Crippen molar-refractivity contribution in [2.75, 3.05) is 19.6 Å². The van der Waals surface area contributed by atoms with Gasteiger partial charge in [-0.1, -0.05) is 42.5 Å². The zero-order valence-corrected chi connectivity index (χ0v) is 22.5. The number of nitrogens with one attached hydrogen (secondary N) is 1. The van der Waals surface area contributed by atoms with Crippen LogP contribution in [0.5, 0.6) is 0 Å². The molecule has 39 heavy (non-hydrogen) atoms. The minimum Gasteiger partial charge on any atom is -0.464 e. The molecule has 4 nitrogen and oxygen atoms in total. The summed E-state index contributed by atoms with van der Waals surface area (Å²) in [5.41, 5.74) is 4.44. The van der Waals surface area contributed by atoms with Gasteiger partial charge in [0.15, 0.2) is 0 Å². The SMILES string of the molecule is O=C(C1CNCC12CCCc1c2ccc2ccoc12)N1CCC(c2ccccc2)CC1C1CCCC(F)(F)C1. The first kappa shape index (κ1) is 25.3. The summed E-state index contributed by atoms with van der Waals surface area (Å²) >= 11 is 0. The second kappa shape index (κ2) is 9.72. The molecule has 2 saturated heterocycles. The highest BCUT2D eigenvalue weighted by Gasteiger charge is 2.53. The normalized spacial score (nSPS) is 32.4. The van der Waals surface area contributed by atoms with E-state index in [0.717, 1.165) is 56.0 Å². The van der Waals surface area contributed by atoms with E-state index >= 15 is 0 Å². The molecule has 7 rings (SSSR count). The first-order chi connectivity index (χ1) is 19.0. The summed E-state index contributed by atoms with van der Waals surface area (Å²) in [6.07, 6.45) is 7.53. The molecular formula is C33H38F2N2O2. The van der Waals surface area contributed by atoms with E-state index in [1.165, 1.54) is 16.7 Å². The Morgan fingerprint density at radius 2 is 1.90 bits per heavy atom. The highest BCUT2D eigenvalue weighted by atomic mass is 19.3. The summed E-state index contributed by atoms with van der Waals surface area (Å²) in [7, 11) is 0. The standard InChI is InChI=1S/C33H38F2N2O2/c34-33(35)15-4-8-25(19-33)29-18-24(22-6-2-1-3-7-22)12-16-37(29)31(38)28-20-36-21-32(28)14-5-9-26-27(32)11-10-23-13-17-39-30(23)26/h1-3,6-7,10-11,13,17,24-25,28-29,36H,4-5,8-9,12,14-16,18-21H2. The van der Waals surface area contributed by atoms with Gasteiger partial charge in [-0.05, 0) is 79.5 Å². The minimum absolute atomic E-state index is 0.0278. The molecule has 3 heterocycles. The smallest absolute Gasteiger partial charge is 0.248 e. The van der Waals surface area contributed by atoms with Crippen LogP contribution in [-0.4, -0.2) is 42.4 Å². The lowest BCUT2D eigenvalue weighted by Gasteiger charge is -2.48. The molecule has 5 atom stereocenters. The fourth-order valence-electron chi connectivity index (χ4n) is 8.63. The number of fused-ring (bicyclic) bond motifs is 4. The maximum Gasteiger partial charge on any atom is 0.248 e. The monoisotopic (exact) mass is 532 g/mol. The molecule has 2 aliphatic heterocycles. The highest BCUT2D eigenvalue weighted by Crippen LogP contribution is 2.49. The van der Waals surface area contributed by atoms with Crippen LogP contribution in [0.3, 0.4) is 0 Å². The zero-order chi connectivity index (χ0) is 26.6. The number of hydrogen-bond acceptors (Lipinski definition) is 3. The molecule has 6 heteroatoms. The van der Waals surface area contributed by atoms with E-state index in [-0.39, 0.29) is 42.0 Å². The summed E-state index contributed by atoms with van der Waals surface area (Å²) in [5, 5.41) is 4.69. The first-order valence-corrected chi connectivity index (χ1v) is 14.9. The van der Waals surface area contributed by atoms with Gasteiger partial charge in [0.2, 0.25) is 11.8 Å². The minimum atomic E-state index is -2.63. The third kappa shape index (κ3) is 4.30. The van der Waals surface area contributed by atoms with E-state index < -0.39 is 5.92 Å². The maximum absolute atomic E-state index is 14.7. The van der Waals surface area contributed by atoms with Crippen molar-refractivity contribution in [1.29, 1.82) is 0 Å². The molecule has 1 N–H and O–H groups in total. The molecule has 4 aliphatic rings. The Balaban J connectivity index is 1.23. The van der Waals surface area contributed by atoms with Crippen molar-refractivity contribution < 1.29 is 18.0 Å². The van der Waals surface area contributed by atoms with Crippen LogP contribution >= 0.6 is 0 Å². The number of carbonyl (C=O) groups is 1. The number of aryl methyl sites for hydroxylation is 1. The number of nitrogens with zero attached hydrogens (tertiary/aromatic N) is 1. The van der Waals surface area contributed by atoms with Gasteiger partial charge in [-0.25, -0.2) is 8.78 Å². The second-order valence-corrected chi connectivity index (χ2v) is 12.6. The predicted molar refractivity (Wildman–Crippen MR) is 148 cm³/mol. The van der Waals surface area contributed by atoms with E-state index in [4.69, 9.17) is 4.42 Å². The van der Waals surface area contributed by atoms with Gasteiger partial charge < -0.3 is 14.6 Å². The molecule has 1 amide bonds. The van der Waals surface area contributed by atoms with Crippen LogP contribution in [0.4, 0.5) is 8.78 Å². The molecule has 2 aliphatic carbocycles. The summed E-state index contributed by atoms with van der Waals surface area (Å²) < 4.78 is 35.3. The molecule has 1 saturated carbocycles. The topological polar surface area (TPSA) is 45.5 Å². The van der Waals surface area contributed by atoms with Crippen LogP contribution in [0.25, 0.3) is 11.0 Å². The van der Waals surface area contributed by atoms with Crippen molar-refractivity contribution >= 4 is 16.9 Å². The van der Waals surface area contributed by atoms with Gasteiger partial charge in [-0.2, -0.15) is 0 Å². The Bertz CT molecular complexity index is 1350. The van der Waals surface area contributed by atoms with Gasteiger partial charge in [0, 0.05) is 49.3 Å². The molecule has 3 aromatic rings. The quantitative estimate of drug-likeness (QED) is 0.402. The average Bonchev–Trinajstić information content (AvgIpc) is 3.60. The van der Waals surface area contributed by atoms with Crippen LogP contribution in [0.1, 0.15) is 74.0 Å². The van der Waals surface area contributed by atoms with Crippen LogP contribution in [0.2, 0.25) is 0 Å². The predicted octanol–water partition coefficient (Wildman–Crippen LogP) is 6.83. The van der Waals surface area contributed by atoms with Crippen LogP contribution in [0.15, 0.2) is 59.2 Å². The lowest BCUT2D eigenvalue weighted by Crippen LogP contribution is -2.55. The van der Waals surface area contributed by atoms with Crippen molar-refractivity contribution in [3.8, 4) is 0 Å². The number of carbonyl (C=O) groups excluding carboxylic acids is 1. The Kier molecular flexibility index (Phi) is 6.30. The molecule has 2 aromatic carbocycles. The van der Waals surface area contributed by atoms with Gasteiger partial charge in [0.05, 0.1) is 12.2 Å². The number of furan rings is 1. The number of likely N-dealkylation sites (tertiary alicyclic amines) is 1. The van der Waals surface area contributed by atoms with Gasteiger partial charge in [0.25, 0.3) is 0 Å². The van der Waals surface area contributed by atoms with Gasteiger partial charge in [0.1, 0.15) is 5.58 Å². The van der Waals surface area contributed by atoms with Crippen molar-refractivity contribution in [3.05, 3.63) is 71.5 Å². The molecule has 0 bridgehead atoms. The largest absolute Gasteiger partial charge is 0.464 e. The van der Waals surface area contributed by atoms with Crippen molar-refractivity contribution in [2.24, 2.45) is 11.8 Å². The number of hydrogen-bond donors (Lipinski definition) is 1. The van der Waals surface area contributed by atoms with Gasteiger partial charge >= 0.3 is 0 Å². The highest BCUT2D eigenvalue weighted by molar-refractivity contribution is 5.85.